The number of rotatable bonds is 1. The normalized spacial score (nSPS) is 36.2. The van der Waals surface area contributed by atoms with Crippen molar-refractivity contribution in [3.63, 3.8) is 0 Å². The third-order valence-corrected chi connectivity index (χ3v) is 4.25. The molecule has 2 aliphatic rings. The minimum Gasteiger partial charge on any atom is -0.393 e. The second-order valence-corrected chi connectivity index (χ2v) is 5.71. The van der Waals surface area contributed by atoms with Crippen LogP contribution in [0.25, 0.3) is 0 Å². The Morgan fingerprint density at radius 2 is 2.35 bits per heavy atom. The predicted octanol–water partition coefficient (Wildman–Crippen LogP) is 2.09. The van der Waals surface area contributed by atoms with Crippen molar-refractivity contribution < 1.29 is 14.3 Å². The molecule has 0 spiro atoms. The van der Waals surface area contributed by atoms with Gasteiger partial charge in [0.25, 0.3) is 0 Å². The number of benzene rings is 1. The summed E-state index contributed by atoms with van der Waals surface area (Å²) in [5.74, 6) is -0.133. The van der Waals surface area contributed by atoms with Crippen LogP contribution in [0.15, 0.2) is 22.7 Å². The Morgan fingerprint density at radius 3 is 3.18 bits per heavy atom. The minimum atomic E-state index is -0.576. The fourth-order valence-electron chi connectivity index (χ4n) is 2.98. The monoisotopic (exact) mass is 301 g/mol. The first-order valence-corrected chi connectivity index (χ1v) is 6.44. The van der Waals surface area contributed by atoms with Crippen molar-refractivity contribution in [2.24, 2.45) is 5.92 Å². The largest absolute Gasteiger partial charge is 0.393 e. The Balaban J connectivity index is 2.09. The molecule has 3 rings (SSSR count). The van der Waals surface area contributed by atoms with E-state index < -0.39 is 11.6 Å². The van der Waals surface area contributed by atoms with E-state index >= 15 is 0 Å². The number of aliphatic hydroxyl groups excluding tert-OH is 1. The highest BCUT2D eigenvalue weighted by molar-refractivity contribution is 9.10. The van der Waals surface area contributed by atoms with Crippen LogP contribution in [0.4, 0.5) is 4.39 Å². The molecule has 0 bridgehead atoms. The molecule has 92 valence electrons. The summed E-state index contributed by atoms with van der Waals surface area (Å²) >= 11 is 3.35. The second-order valence-electron chi connectivity index (χ2n) is 4.80. The van der Waals surface area contributed by atoms with E-state index in [-0.39, 0.29) is 11.7 Å². The van der Waals surface area contributed by atoms with Gasteiger partial charge in [-0.25, -0.2) is 4.39 Å². The van der Waals surface area contributed by atoms with Crippen molar-refractivity contribution in [2.45, 2.75) is 24.5 Å². The summed E-state index contributed by atoms with van der Waals surface area (Å²) in [6, 6.07) is 4.88. The molecule has 0 aromatic heterocycles. The lowest BCUT2D eigenvalue weighted by Crippen LogP contribution is -2.39. The molecule has 1 saturated carbocycles. The van der Waals surface area contributed by atoms with Crippen LogP contribution in [0.5, 0.6) is 0 Å². The summed E-state index contributed by atoms with van der Waals surface area (Å²) in [5, 5.41) is 9.79. The third-order valence-electron chi connectivity index (χ3n) is 3.76. The Kier molecular flexibility index (Phi) is 2.74. The molecule has 2 N–H and O–H groups in total. The van der Waals surface area contributed by atoms with E-state index in [1.54, 1.807) is 12.1 Å². The second kappa shape index (κ2) is 4.02. The van der Waals surface area contributed by atoms with Crippen LogP contribution in [-0.2, 0) is 10.4 Å². The van der Waals surface area contributed by atoms with Crippen LogP contribution in [0, 0.1) is 11.7 Å². The number of nitrogens with one attached hydrogen (secondary N) is 1. The molecule has 1 aliphatic carbocycles. The molecule has 1 aromatic carbocycles. The van der Waals surface area contributed by atoms with Crippen LogP contribution in [0.3, 0.4) is 0 Å². The van der Waals surface area contributed by atoms with Gasteiger partial charge in [-0.2, -0.15) is 5.48 Å². The van der Waals surface area contributed by atoms with Crippen LogP contribution in [0.2, 0.25) is 0 Å². The highest BCUT2D eigenvalue weighted by Crippen LogP contribution is 2.47. The highest BCUT2D eigenvalue weighted by Gasteiger charge is 2.53. The van der Waals surface area contributed by atoms with Gasteiger partial charge in [0.05, 0.1) is 18.2 Å². The standard InChI is InChI=1S/C12H13BrFNO2/c13-8-1-2-11(14)10(4-8)12-5-9(16)3-7(12)6-17-15-12/h1-2,4,7,9,15-16H,3,5-6H2/t7?,9?,12-/m0/s1. The Labute approximate surface area is 107 Å². The summed E-state index contributed by atoms with van der Waals surface area (Å²) < 4.78 is 14.8. The maximum Gasteiger partial charge on any atom is 0.128 e. The highest BCUT2D eigenvalue weighted by atomic mass is 79.9. The molecule has 0 amide bonds. The predicted molar refractivity (Wildman–Crippen MR) is 63.6 cm³/mol. The molecular weight excluding hydrogens is 289 g/mol. The van der Waals surface area contributed by atoms with Gasteiger partial charge in [0, 0.05) is 16.0 Å². The average Bonchev–Trinajstić information content (AvgIpc) is 2.78. The zero-order valence-corrected chi connectivity index (χ0v) is 10.7. The first kappa shape index (κ1) is 11.6. The molecule has 17 heavy (non-hydrogen) atoms. The molecule has 2 fully saturated rings. The number of halogens is 2. The Bertz CT molecular complexity index is 456. The summed E-state index contributed by atoms with van der Waals surface area (Å²) in [7, 11) is 0. The molecule has 2 unspecified atom stereocenters. The van der Waals surface area contributed by atoms with Crippen molar-refractivity contribution in [3.8, 4) is 0 Å². The fourth-order valence-corrected chi connectivity index (χ4v) is 3.34. The summed E-state index contributed by atoms with van der Waals surface area (Å²) in [4.78, 5) is 5.27. The summed E-state index contributed by atoms with van der Waals surface area (Å²) in [5.41, 5.74) is 2.92. The molecule has 1 aromatic rings. The molecule has 3 nitrogen and oxygen atoms in total. The number of fused-ring (bicyclic) bond motifs is 1. The number of hydrogen-bond donors (Lipinski definition) is 2. The van der Waals surface area contributed by atoms with E-state index in [0.29, 0.717) is 25.0 Å². The van der Waals surface area contributed by atoms with Crippen molar-refractivity contribution in [1.82, 2.24) is 5.48 Å². The first-order chi connectivity index (χ1) is 8.12. The van der Waals surface area contributed by atoms with E-state index in [0.717, 1.165) is 4.47 Å². The fraction of sp³-hybridized carbons (Fsp3) is 0.500. The molecule has 1 saturated heterocycles. The van der Waals surface area contributed by atoms with Crippen molar-refractivity contribution >= 4 is 15.9 Å². The van der Waals surface area contributed by atoms with Gasteiger partial charge in [-0.3, -0.25) is 0 Å². The minimum absolute atomic E-state index is 0.126. The zero-order valence-electron chi connectivity index (χ0n) is 9.12. The molecular formula is C12H13BrFNO2. The van der Waals surface area contributed by atoms with E-state index in [2.05, 4.69) is 21.4 Å². The van der Waals surface area contributed by atoms with Gasteiger partial charge in [-0.1, -0.05) is 15.9 Å². The number of hydrogen-bond acceptors (Lipinski definition) is 3. The molecule has 1 aliphatic heterocycles. The lowest BCUT2D eigenvalue weighted by molar-refractivity contribution is 0.0385. The lowest BCUT2D eigenvalue weighted by atomic mass is 9.82. The van der Waals surface area contributed by atoms with Gasteiger partial charge in [0.2, 0.25) is 0 Å². The molecule has 1 heterocycles. The van der Waals surface area contributed by atoms with Gasteiger partial charge in [0.1, 0.15) is 5.82 Å². The number of aliphatic hydroxyl groups is 1. The first-order valence-electron chi connectivity index (χ1n) is 5.64. The van der Waals surface area contributed by atoms with E-state index in [1.165, 1.54) is 6.07 Å². The topological polar surface area (TPSA) is 41.5 Å². The summed E-state index contributed by atoms with van der Waals surface area (Å²) in [6.45, 7) is 0.517. The average molecular weight is 302 g/mol. The van der Waals surface area contributed by atoms with Crippen LogP contribution >= 0.6 is 15.9 Å². The van der Waals surface area contributed by atoms with Crippen LogP contribution < -0.4 is 5.48 Å². The quantitative estimate of drug-likeness (QED) is 0.834. The van der Waals surface area contributed by atoms with Gasteiger partial charge >= 0.3 is 0 Å². The lowest BCUT2D eigenvalue weighted by Gasteiger charge is -2.28. The third kappa shape index (κ3) is 1.73. The van der Waals surface area contributed by atoms with Gasteiger partial charge in [0.15, 0.2) is 0 Å². The smallest absolute Gasteiger partial charge is 0.128 e. The molecule has 5 heteroatoms. The number of hydroxylamine groups is 1. The summed E-state index contributed by atoms with van der Waals surface area (Å²) in [6.07, 6.45) is 0.749. The maximum atomic E-state index is 14.0. The molecule has 0 radical (unpaired) electrons. The Morgan fingerprint density at radius 1 is 1.53 bits per heavy atom. The van der Waals surface area contributed by atoms with Crippen molar-refractivity contribution in [3.05, 3.63) is 34.1 Å². The van der Waals surface area contributed by atoms with E-state index in [4.69, 9.17) is 4.84 Å². The maximum absolute atomic E-state index is 14.0. The van der Waals surface area contributed by atoms with Gasteiger partial charge < -0.3 is 9.94 Å². The van der Waals surface area contributed by atoms with Crippen LogP contribution in [-0.4, -0.2) is 17.8 Å². The van der Waals surface area contributed by atoms with Crippen molar-refractivity contribution in [1.29, 1.82) is 0 Å². The SMILES string of the molecule is OC1CC2CON[C@@]2(c2cc(Br)ccc2F)C1. The van der Waals surface area contributed by atoms with Gasteiger partial charge in [-0.15, -0.1) is 0 Å². The molecule has 3 atom stereocenters. The Hall–Kier alpha value is -0.490. The van der Waals surface area contributed by atoms with E-state index in [9.17, 15) is 9.50 Å². The van der Waals surface area contributed by atoms with Crippen molar-refractivity contribution in [2.75, 3.05) is 6.61 Å². The van der Waals surface area contributed by atoms with E-state index in [1.807, 2.05) is 0 Å². The van der Waals surface area contributed by atoms with Gasteiger partial charge in [-0.05, 0) is 31.0 Å². The van der Waals surface area contributed by atoms with Crippen LogP contribution in [0.1, 0.15) is 18.4 Å². The zero-order chi connectivity index (χ0) is 12.0.